The first-order valence-electron chi connectivity index (χ1n) is 5.93. The largest absolute Gasteiger partial charge is 0.384 e. The van der Waals surface area contributed by atoms with Crippen molar-refractivity contribution in [2.24, 2.45) is 11.3 Å². The molecule has 1 amide bonds. The van der Waals surface area contributed by atoms with Gasteiger partial charge in [-0.1, -0.05) is 39.3 Å². The van der Waals surface area contributed by atoms with Crippen molar-refractivity contribution < 1.29 is 4.79 Å². The van der Waals surface area contributed by atoms with Gasteiger partial charge in [-0.15, -0.1) is 0 Å². The number of carbonyl (C=O) groups excluding carboxylic acids is 1. The fourth-order valence-electron chi connectivity index (χ4n) is 1.26. The number of anilines is 1. The van der Waals surface area contributed by atoms with Crippen LogP contribution in [0.4, 0.5) is 5.82 Å². The Bertz CT molecular complexity index is 424. The van der Waals surface area contributed by atoms with E-state index in [9.17, 15) is 4.79 Å². The van der Waals surface area contributed by atoms with Crippen molar-refractivity contribution in [2.45, 2.75) is 27.7 Å². The zero-order valence-electron chi connectivity index (χ0n) is 11.2. The molecule has 0 aromatic carbocycles. The highest BCUT2D eigenvalue weighted by atomic mass is 35.5. The number of nitrogens with zero attached hydrogens (tertiary/aromatic N) is 1. The summed E-state index contributed by atoms with van der Waals surface area (Å²) < 4.78 is 0. The first kappa shape index (κ1) is 14.8. The Kier molecular flexibility index (Phi) is 4.57. The van der Waals surface area contributed by atoms with E-state index in [-0.39, 0.29) is 22.3 Å². The first-order valence-corrected chi connectivity index (χ1v) is 6.31. The topological polar surface area (TPSA) is 68.0 Å². The number of rotatable bonds is 4. The molecule has 0 radical (unpaired) electrons. The Labute approximate surface area is 113 Å². The van der Waals surface area contributed by atoms with Crippen LogP contribution in [0.3, 0.4) is 0 Å². The molecule has 0 saturated heterocycles. The van der Waals surface area contributed by atoms with Gasteiger partial charge in [-0.2, -0.15) is 0 Å². The van der Waals surface area contributed by atoms with Gasteiger partial charge in [-0.3, -0.25) is 4.79 Å². The van der Waals surface area contributed by atoms with Gasteiger partial charge in [0.2, 0.25) is 0 Å². The lowest BCUT2D eigenvalue weighted by Gasteiger charge is -2.29. The van der Waals surface area contributed by atoms with Crippen LogP contribution in [-0.4, -0.2) is 17.4 Å². The lowest BCUT2D eigenvalue weighted by Crippen LogP contribution is -2.37. The molecule has 1 rings (SSSR count). The van der Waals surface area contributed by atoms with Gasteiger partial charge in [0.1, 0.15) is 11.0 Å². The minimum atomic E-state index is -0.181. The van der Waals surface area contributed by atoms with Crippen LogP contribution in [0.1, 0.15) is 38.1 Å². The average molecular weight is 270 g/mol. The van der Waals surface area contributed by atoms with Crippen LogP contribution in [0.2, 0.25) is 5.15 Å². The van der Waals surface area contributed by atoms with Crippen LogP contribution < -0.4 is 11.1 Å². The number of nitrogen functional groups attached to an aromatic ring is 1. The molecule has 0 atom stereocenters. The predicted octanol–water partition coefficient (Wildman–Crippen LogP) is 2.73. The van der Waals surface area contributed by atoms with E-state index in [4.69, 9.17) is 17.3 Å². The van der Waals surface area contributed by atoms with Crippen molar-refractivity contribution in [2.75, 3.05) is 12.3 Å². The molecule has 1 aromatic heterocycles. The second kappa shape index (κ2) is 5.57. The van der Waals surface area contributed by atoms with Crippen molar-refractivity contribution >= 4 is 23.3 Å². The van der Waals surface area contributed by atoms with E-state index < -0.39 is 0 Å². The monoisotopic (exact) mass is 269 g/mol. The summed E-state index contributed by atoms with van der Waals surface area (Å²) >= 11 is 5.76. The average Bonchev–Trinajstić information content (AvgIpc) is 2.24. The fraction of sp³-hybridized carbons (Fsp3) is 0.538. The number of hydrogen-bond donors (Lipinski definition) is 2. The van der Waals surface area contributed by atoms with Gasteiger partial charge in [-0.25, -0.2) is 4.98 Å². The van der Waals surface area contributed by atoms with Gasteiger partial charge in [0.15, 0.2) is 0 Å². The molecule has 5 heteroatoms. The highest BCUT2D eigenvalue weighted by Gasteiger charge is 2.23. The Morgan fingerprint density at radius 2 is 2.11 bits per heavy atom. The molecule has 1 aromatic rings. The molecular weight excluding hydrogens is 250 g/mol. The summed E-state index contributed by atoms with van der Waals surface area (Å²) in [6.45, 7) is 9.10. The lowest BCUT2D eigenvalue weighted by atomic mass is 9.81. The van der Waals surface area contributed by atoms with Crippen molar-refractivity contribution in [3.63, 3.8) is 0 Å². The van der Waals surface area contributed by atoms with E-state index in [1.807, 2.05) is 0 Å². The first-order chi connectivity index (χ1) is 8.22. The van der Waals surface area contributed by atoms with Crippen molar-refractivity contribution in [3.8, 4) is 0 Å². The Morgan fingerprint density at radius 1 is 1.50 bits per heavy atom. The number of nitrogens with two attached hydrogens (primary N) is 1. The van der Waals surface area contributed by atoms with Crippen LogP contribution in [0.25, 0.3) is 0 Å². The van der Waals surface area contributed by atoms with Gasteiger partial charge < -0.3 is 11.1 Å². The molecule has 1 heterocycles. The summed E-state index contributed by atoms with van der Waals surface area (Å²) in [5.41, 5.74) is 6.03. The van der Waals surface area contributed by atoms with Gasteiger partial charge >= 0.3 is 0 Å². The summed E-state index contributed by atoms with van der Waals surface area (Å²) in [6, 6.07) is 3.03. The minimum absolute atomic E-state index is 0.0397. The van der Waals surface area contributed by atoms with E-state index in [1.54, 1.807) is 0 Å². The SMILES string of the molecule is CC(C)C(C)(C)CNC(=O)c1cc(N)nc(Cl)c1. The maximum Gasteiger partial charge on any atom is 0.251 e. The number of aromatic nitrogens is 1. The summed E-state index contributed by atoms with van der Waals surface area (Å²) in [4.78, 5) is 15.8. The van der Waals surface area contributed by atoms with Crippen molar-refractivity contribution in [1.29, 1.82) is 0 Å². The molecule has 0 bridgehead atoms. The molecule has 3 N–H and O–H groups in total. The quantitative estimate of drug-likeness (QED) is 0.826. The molecule has 0 saturated carbocycles. The summed E-state index contributed by atoms with van der Waals surface area (Å²) in [7, 11) is 0. The third-order valence-corrected chi connectivity index (χ3v) is 3.54. The summed E-state index contributed by atoms with van der Waals surface area (Å²) in [5, 5.41) is 3.12. The molecular formula is C13H20ClN3O. The number of carbonyl (C=O) groups is 1. The highest BCUT2D eigenvalue weighted by molar-refractivity contribution is 6.29. The highest BCUT2D eigenvalue weighted by Crippen LogP contribution is 2.24. The Morgan fingerprint density at radius 3 is 2.61 bits per heavy atom. The van der Waals surface area contributed by atoms with Gasteiger partial charge in [-0.05, 0) is 23.5 Å². The molecule has 0 aliphatic carbocycles. The van der Waals surface area contributed by atoms with Crippen LogP contribution in [-0.2, 0) is 0 Å². The molecule has 0 aliphatic heterocycles. The second-order valence-electron chi connectivity index (χ2n) is 5.43. The smallest absolute Gasteiger partial charge is 0.251 e. The van der Waals surface area contributed by atoms with E-state index in [0.717, 1.165) is 0 Å². The van der Waals surface area contributed by atoms with E-state index in [1.165, 1.54) is 12.1 Å². The van der Waals surface area contributed by atoms with Gasteiger partial charge in [0, 0.05) is 12.1 Å². The van der Waals surface area contributed by atoms with Crippen LogP contribution in [0.15, 0.2) is 12.1 Å². The number of amides is 1. The molecule has 18 heavy (non-hydrogen) atoms. The molecule has 0 fully saturated rings. The summed E-state index contributed by atoms with van der Waals surface area (Å²) in [6.07, 6.45) is 0. The van der Waals surface area contributed by atoms with Crippen molar-refractivity contribution in [1.82, 2.24) is 10.3 Å². The number of pyridine rings is 1. The minimum Gasteiger partial charge on any atom is -0.384 e. The van der Waals surface area contributed by atoms with Crippen molar-refractivity contribution in [3.05, 3.63) is 22.8 Å². The van der Waals surface area contributed by atoms with Crippen LogP contribution >= 0.6 is 11.6 Å². The molecule has 0 aliphatic rings. The number of halogens is 1. The lowest BCUT2D eigenvalue weighted by molar-refractivity contribution is 0.0924. The van der Waals surface area contributed by atoms with Gasteiger partial charge in [0.25, 0.3) is 5.91 Å². The second-order valence-corrected chi connectivity index (χ2v) is 5.82. The standard InChI is InChI=1S/C13H20ClN3O/c1-8(2)13(3,4)7-16-12(18)9-5-10(14)17-11(15)6-9/h5-6,8H,7H2,1-4H3,(H2,15,17)(H,16,18). The molecule has 0 spiro atoms. The molecule has 100 valence electrons. The Hall–Kier alpha value is -1.29. The third kappa shape index (κ3) is 3.88. The fourth-order valence-corrected chi connectivity index (χ4v) is 1.48. The van der Waals surface area contributed by atoms with Gasteiger partial charge in [0.05, 0.1) is 0 Å². The molecule has 4 nitrogen and oxygen atoms in total. The van der Waals surface area contributed by atoms with Crippen LogP contribution in [0, 0.1) is 11.3 Å². The number of nitrogens with one attached hydrogen (secondary N) is 1. The molecule has 0 unspecified atom stereocenters. The maximum absolute atomic E-state index is 12.0. The number of hydrogen-bond acceptors (Lipinski definition) is 3. The summed E-state index contributed by atoms with van der Waals surface area (Å²) in [5.74, 6) is 0.541. The normalized spacial score (nSPS) is 11.7. The van der Waals surface area contributed by atoms with E-state index >= 15 is 0 Å². The third-order valence-electron chi connectivity index (χ3n) is 3.34. The van der Waals surface area contributed by atoms with E-state index in [0.29, 0.717) is 18.0 Å². The zero-order chi connectivity index (χ0) is 13.9. The Balaban J connectivity index is 2.72. The predicted molar refractivity (Wildman–Crippen MR) is 74.6 cm³/mol. The zero-order valence-corrected chi connectivity index (χ0v) is 12.0. The van der Waals surface area contributed by atoms with E-state index in [2.05, 4.69) is 38.0 Å². The maximum atomic E-state index is 12.0. The van der Waals surface area contributed by atoms with Crippen LogP contribution in [0.5, 0.6) is 0 Å².